The van der Waals surface area contributed by atoms with Crippen LogP contribution in [0, 0.1) is 0 Å². The van der Waals surface area contributed by atoms with Gasteiger partial charge in [-0.2, -0.15) is 5.10 Å². The molecule has 3 aromatic carbocycles. The molecule has 2 heterocycles. The molecule has 1 aliphatic heterocycles. The number of nitrogens with zero attached hydrogens (tertiary/aromatic N) is 4. The second-order valence-electron chi connectivity index (χ2n) is 8.35. The lowest BCUT2D eigenvalue weighted by Crippen LogP contribution is -2.50. The molecule has 7 heteroatoms. The summed E-state index contributed by atoms with van der Waals surface area (Å²) in [4.78, 5) is 30.1. The lowest BCUT2D eigenvalue weighted by Gasteiger charge is -2.34. The number of benzene rings is 3. The molecule has 0 unspecified atom stereocenters. The standard InChI is InChI=1S/C28H26N4O3/c1-35-24-14-8-11-22(19-24)26-25(20-32(29-26)23-12-6-3-7-13-23)28(34)31-17-15-30(16-18-31)27(33)21-9-4-2-5-10-21/h2-14,19-20H,15-18H2,1H3. The molecule has 0 saturated carbocycles. The van der Waals surface area contributed by atoms with Gasteiger partial charge in [0.05, 0.1) is 18.4 Å². The largest absolute Gasteiger partial charge is 0.497 e. The Hall–Kier alpha value is -4.39. The highest BCUT2D eigenvalue weighted by Gasteiger charge is 2.28. The first-order valence-electron chi connectivity index (χ1n) is 11.6. The predicted molar refractivity (Wildman–Crippen MR) is 134 cm³/mol. The molecule has 4 aromatic rings. The van der Waals surface area contributed by atoms with Gasteiger partial charge in [-0.1, -0.05) is 48.5 Å². The number of aromatic nitrogens is 2. The lowest BCUT2D eigenvalue weighted by atomic mass is 10.1. The zero-order valence-electron chi connectivity index (χ0n) is 19.5. The van der Waals surface area contributed by atoms with E-state index in [4.69, 9.17) is 9.84 Å². The van der Waals surface area contributed by atoms with E-state index >= 15 is 0 Å². The van der Waals surface area contributed by atoms with Gasteiger partial charge in [0.1, 0.15) is 11.4 Å². The van der Waals surface area contributed by atoms with E-state index in [1.54, 1.807) is 27.8 Å². The Morgan fingerprint density at radius 1 is 0.771 bits per heavy atom. The Bertz CT molecular complexity index is 1330. The molecule has 0 spiro atoms. The van der Waals surface area contributed by atoms with Gasteiger partial charge in [0.25, 0.3) is 11.8 Å². The highest BCUT2D eigenvalue weighted by molar-refractivity contribution is 6.00. The van der Waals surface area contributed by atoms with E-state index in [9.17, 15) is 9.59 Å². The molecule has 0 N–H and O–H groups in total. The Balaban J connectivity index is 1.41. The number of piperazine rings is 1. The second kappa shape index (κ2) is 9.85. The summed E-state index contributed by atoms with van der Waals surface area (Å²) >= 11 is 0. The number of ether oxygens (including phenoxy) is 1. The summed E-state index contributed by atoms with van der Waals surface area (Å²) in [5.74, 6) is 0.590. The van der Waals surface area contributed by atoms with Crippen molar-refractivity contribution in [2.75, 3.05) is 33.3 Å². The number of para-hydroxylation sites is 1. The number of amides is 2. The Labute approximate surface area is 204 Å². The van der Waals surface area contributed by atoms with E-state index < -0.39 is 0 Å². The van der Waals surface area contributed by atoms with Crippen LogP contribution in [0.2, 0.25) is 0 Å². The molecule has 2 amide bonds. The minimum absolute atomic E-state index is 0.00772. The first kappa shape index (κ1) is 22.4. The van der Waals surface area contributed by atoms with Crippen molar-refractivity contribution in [3.63, 3.8) is 0 Å². The van der Waals surface area contributed by atoms with Crippen LogP contribution in [0.5, 0.6) is 5.75 Å². The average molecular weight is 467 g/mol. The van der Waals surface area contributed by atoms with Crippen molar-refractivity contribution in [2.45, 2.75) is 0 Å². The van der Waals surface area contributed by atoms with E-state index in [1.807, 2.05) is 84.9 Å². The fourth-order valence-corrected chi connectivity index (χ4v) is 4.27. The number of hydrogen-bond donors (Lipinski definition) is 0. The number of rotatable bonds is 5. The summed E-state index contributed by atoms with van der Waals surface area (Å²) in [6.45, 7) is 1.90. The Kier molecular flexibility index (Phi) is 6.30. The van der Waals surface area contributed by atoms with Crippen molar-refractivity contribution in [1.82, 2.24) is 19.6 Å². The molecule has 1 aromatic heterocycles. The maximum absolute atomic E-state index is 13.7. The Morgan fingerprint density at radius 2 is 1.40 bits per heavy atom. The molecule has 5 rings (SSSR count). The van der Waals surface area contributed by atoms with Crippen LogP contribution in [0.25, 0.3) is 16.9 Å². The quantitative estimate of drug-likeness (QED) is 0.443. The summed E-state index contributed by atoms with van der Waals surface area (Å²) in [6, 6.07) is 26.5. The summed E-state index contributed by atoms with van der Waals surface area (Å²) < 4.78 is 7.12. The summed E-state index contributed by atoms with van der Waals surface area (Å²) in [5.41, 5.74) is 3.46. The molecule has 1 aliphatic rings. The zero-order valence-corrected chi connectivity index (χ0v) is 19.5. The molecule has 176 valence electrons. The van der Waals surface area contributed by atoms with E-state index in [1.165, 1.54) is 0 Å². The highest BCUT2D eigenvalue weighted by Crippen LogP contribution is 2.28. The SMILES string of the molecule is COc1cccc(-c2nn(-c3ccccc3)cc2C(=O)N2CCN(C(=O)c3ccccc3)CC2)c1. The minimum atomic E-state index is -0.100. The van der Waals surface area contributed by atoms with Gasteiger partial charge in [0.2, 0.25) is 0 Å². The topological polar surface area (TPSA) is 67.7 Å². The number of methoxy groups -OCH3 is 1. The Morgan fingerprint density at radius 3 is 2.06 bits per heavy atom. The van der Waals surface area contributed by atoms with Gasteiger partial charge in [0.15, 0.2) is 0 Å². The van der Waals surface area contributed by atoms with Gasteiger partial charge in [0, 0.05) is 43.5 Å². The third kappa shape index (κ3) is 4.66. The van der Waals surface area contributed by atoms with Crippen LogP contribution in [0.1, 0.15) is 20.7 Å². The monoisotopic (exact) mass is 466 g/mol. The average Bonchev–Trinajstić information content (AvgIpc) is 3.39. The first-order valence-corrected chi connectivity index (χ1v) is 11.6. The molecule has 7 nitrogen and oxygen atoms in total. The highest BCUT2D eigenvalue weighted by atomic mass is 16.5. The lowest BCUT2D eigenvalue weighted by molar-refractivity contribution is 0.0536. The maximum atomic E-state index is 13.7. The maximum Gasteiger partial charge on any atom is 0.257 e. The fourth-order valence-electron chi connectivity index (χ4n) is 4.27. The van der Waals surface area contributed by atoms with Gasteiger partial charge in [-0.15, -0.1) is 0 Å². The van der Waals surface area contributed by atoms with Crippen LogP contribution in [0.15, 0.2) is 91.1 Å². The number of hydrogen-bond acceptors (Lipinski definition) is 4. The minimum Gasteiger partial charge on any atom is -0.497 e. The number of carbonyl (C=O) groups excluding carboxylic acids is 2. The molecule has 0 aliphatic carbocycles. The van der Waals surface area contributed by atoms with Gasteiger partial charge in [-0.25, -0.2) is 4.68 Å². The van der Waals surface area contributed by atoms with Gasteiger partial charge in [-0.3, -0.25) is 9.59 Å². The van der Waals surface area contributed by atoms with Crippen LogP contribution in [0.4, 0.5) is 0 Å². The van der Waals surface area contributed by atoms with E-state index in [0.717, 1.165) is 11.3 Å². The van der Waals surface area contributed by atoms with Crippen molar-refractivity contribution in [1.29, 1.82) is 0 Å². The van der Waals surface area contributed by atoms with Crippen molar-refractivity contribution in [2.24, 2.45) is 0 Å². The van der Waals surface area contributed by atoms with Gasteiger partial charge in [-0.05, 0) is 36.4 Å². The third-order valence-electron chi connectivity index (χ3n) is 6.18. The van der Waals surface area contributed by atoms with Crippen LogP contribution < -0.4 is 4.74 Å². The van der Waals surface area contributed by atoms with Crippen molar-refractivity contribution in [3.8, 4) is 22.7 Å². The van der Waals surface area contributed by atoms with Crippen molar-refractivity contribution >= 4 is 11.8 Å². The van der Waals surface area contributed by atoms with Crippen LogP contribution in [-0.2, 0) is 0 Å². The van der Waals surface area contributed by atoms with Crippen LogP contribution in [0.3, 0.4) is 0 Å². The van der Waals surface area contributed by atoms with E-state index in [0.29, 0.717) is 48.7 Å². The molecule has 0 atom stereocenters. The summed E-state index contributed by atoms with van der Waals surface area (Å²) in [6.07, 6.45) is 1.79. The summed E-state index contributed by atoms with van der Waals surface area (Å²) in [7, 11) is 1.62. The van der Waals surface area contributed by atoms with Gasteiger partial charge >= 0.3 is 0 Å². The molecule has 0 bridgehead atoms. The molecular formula is C28H26N4O3. The van der Waals surface area contributed by atoms with Crippen molar-refractivity contribution < 1.29 is 14.3 Å². The van der Waals surface area contributed by atoms with Crippen LogP contribution >= 0.6 is 0 Å². The third-order valence-corrected chi connectivity index (χ3v) is 6.18. The normalized spacial score (nSPS) is 13.5. The summed E-state index contributed by atoms with van der Waals surface area (Å²) in [5, 5.41) is 4.77. The smallest absolute Gasteiger partial charge is 0.257 e. The number of carbonyl (C=O) groups is 2. The van der Waals surface area contributed by atoms with Crippen molar-refractivity contribution in [3.05, 3.63) is 102 Å². The first-order chi connectivity index (χ1) is 17.1. The van der Waals surface area contributed by atoms with Crippen LogP contribution in [-0.4, -0.2) is 64.7 Å². The molecule has 1 fully saturated rings. The van der Waals surface area contributed by atoms with E-state index in [2.05, 4.69) is 0 Å². The van der Waals surface area contributed by atoms with Gasteiger partial charge < -0.3 is 14.5 Å². The fraction of sp³-hybridized carbons (Fsp3) is 0.179. The molecular weight excluding hydrogens is 440 g/mol. The zero-order chi connectivity index (χ0) is 24.2. The second-order valence-corrected chi connectivity index (χ2v) is 8.35. The molecule has 35 heavy (non-hydrogen) atoms. The molecule has 1 saturated heterocycles. The predicted octanol–water partition coefficient (Wildman–Crippen LogP) is 4.15. The molecule has 0 radical (unpaired) electrons. The van der Waals surface area contributed by atoms with E-state index in [-0.39, 0.29) is 11.8 Å².